The third kappa shape index (κ3) is 3.46. The maximum absolute atomic E-state index is 13.1. The van der Waals surface area contributed by atoms with Crippen LogP contribution >= 0.6 is 0 Å². The summed E-state index contributed by atoms with van der Waals surface area (Å²) in [7, 11) is 0. The van der Waals surface area contributed by atoms with E-state index in [-0.39, 0.29) is 0 Å². The predicted octanol–water partition coefficient (Wildman–Crippen LogP) is 5.65. The van der Waals surface area contributed by atoms with Crippen molar-refractivity contribution >= 4 is 6.16 Å². The summed E-state index contributed by atoms with van der Waals surface area (Å²) < 4.78 is 217. The van der Waals surface area contributed by atoms with Gasteiger partial charge < -0.3 is 9.84 Å². The first-order valence-corrected chi connectivity index (χ1v) is 5.80. The van der Waals surface area contributed by atoms with Gasteiger partial charge in [0, 0.05) is 0 Å². The Kier molecular flexibility index (Phi) is 6.11. The summed E-state index contributed by atoms with van der Waals surface area (Å²) in [5.41, 5.74) is 0. The van der Waals surface area contributed by atoms with Crippen LogP contribution < -0.4 is 0 Å². The number of rotatable bonds is 7. The van der Waals surface area contributed by atoms with Crippen molar-refractivity contribution in [3.63, 3.8) is 0 Å². The number of carboxylic acid groups (broad SMARTS) is 1. The second-order valence-corrected chi connectivity index (χ2v) is 4.83. The smallest absolute Gasteiger partial charge is 0.450 e. The molecule has 0 radical (unpaired) electrons. The molecular weight excluding hydrogens is 479 g/mol. The molecule has 0 aliphatic rings. The highest BCUT2D eigenvalue weighted by Crippen LogP contribution is 2.63. The van der Waals surface area contributed by atoms with Gasteiger partial charge in [-0.1, -0.05) is 0 Å². The largest absolute Gasteiger partial charge is 0.510 e. The molecule has 0 unspecified atom stereocenters. The highest BCUT2D eigenvalue weighted by atomic mass is 19.4. The van der Waals surface area contributed by atoms with Crippen LogP contribution in [-0.2, 0) is 4.74 Å². The molecule has 20 heteroatoms. The molecule has 0 rings (SSSR count). The maximum atomic E-state index is 13.1. The predicted molar refractivity (Wildman–Crippen MR) is 49.8 cm³/mol. The van der Waals surface area contributed by atoms with Crippen molar-refractivity contribution in [2.75, 3.05) is 0 Å². The summed E-state index contributed by atoms with van der Waals surface area (Å²) in [6, 6.07) is 0. The fraction of sp³-hybridized carbons (Fsp3) is 0.889. The third-order valence-corrected chi connectivity index (χ3v) is 2.91. The van der Waals surface area contributed by atoms with Gasteiger partial charge in [-0.3, -0.25) is 0 Å². The van der Waals surface area contributed by atoms with Gasteiger partial charge in [0.15, 0.2) is 0 Å². The average molecular weight is 480 g/mol. The quantitative estimate of drug-likeness (QED) is 0.379. The molecule has 0 heterocycles. The van der Waals surface area contributed by atoms with Crippen LogP contribution in [-0.4, -0.2) is 59.1 Å². The Morgan fingerprint density at radius 2 is 0.724 bits per heavy atom. The normalized spacial score (nSPS) is 16.0. The minimum absolute atomic E-state index is 1.76. The van der Waals surface area contributed by atoms with Crippen LogP contribution in [0.4, 0.5) is 79.4 Å². The number of alkyl halides is 17. The molecule has 0 aromatic rings. The van der Waals surface area contributed by atoms with Crippen molar-refractivity contribution in [3.05, 3.63) is 0 Å². The number of carbonyl (C=O) groups is 1. The molecular formula is C9HF17O3. The monoisotopic (exact) mass is 480 g/mol. The lowest BCUT2D eigenvalue weighted by molar-refractivity contribution is -0.473. The molecule has 0 fully saturated rings. The Morgan fingerprint density at radius 1 is 0.483 bits per heavy atom. The van der Waals surface area contributed by atoms with Crippen molar-refractivity contribution < 1.29 is 89.3 Å². The summed E-state index contributed by atoms with van der Waals surface area (Å²) >= 11 is 0. The Morgan fingerprint density at radius 3 is 0.966 bits per heavy atom. The highest BCUT2D eigenvalue weighted by Gasteiger charge is 2.95. The lowest BCUT2D eigenvalue weighted by Gasteiger charge is -2.42. The summed E-state index contributed by atoms with van der Waals surface area (Å²) in [5.74, 6) is -51.2. The number of ether oxygens (including phenoxy) is 1. The van der Waals surface area contributed by atoms with E-state index >= 15 is 0 Å². The van der Waals surface area contributed by atoms with Gasteiger partial charge in [0.05, 0.1) is 0 Å². The van der Waals surface area contributed by atoms with Crippen LogP contribution in [0, 0.1) is 0 Å². The number of hydrogen-bond acceptors (Lipinski definition) is 2. The van der Waals surface area contributed by atoms with Crippen LogP contribution in [0.5, 0.6) is 0 Å². The Balaban J connectivity index is 6.69. The second kappa shape index (κ2) is 6.54. The zero-order valence-electron chi connectivity index (χ0n) is 12.2. The van der Waals surface area contributed by atoms with E-state index in [1.54, 1.807) is 4.74 Å². The van der Waals surface area contributed by atoms with Crippen molar-refractivity contribution in [2.24, 2.45) is 0 Å². The van der Waals surface area contributed by atoms with Crippen molar-refractivity contribution in [2.45, 2.75) is 47.8 Å². The summed E-state index contributed by atoms with van der Waals surface area (Å²) in [5, 5.41) is 7.61. The van der Waals surface area contributed by atoms with Gasteiger partial charge in [0.1, 0.15) is 0 Å². The zero-order chi connectivity index (χ0) is 24.3. The van der Waals surface area contributed by atoms with Gasteiger partial charge in [0.2, 0.25) is 0 Å². The van der Waals surface area contributed by atoms with Gasteiger partial charge in [0.25, 0.3) is 0 Å². The van der Waals surface area contributed by atoms with E-state index in [4.69, 9.17) is 5.11 Å². The van der Waals surface area contributed by atoms with Gasteiger partial charge in [-0.2, -0.15) is 74.6 Å². The van der Waals surface area contributed by atoms with Gasteiger partial charge in [-0.15, -0.1) is 0 Å². The summed E-state index contributed by atoms with van der Waals surface area (Å²) in [4.78, 5) is 9.68. The van der Waals surface area contributed by atoms with Gasteiger partial charge in [-0.05, 0) is 0 Å². The maximum Gasteiger partial charge on any atom is 0.510 e. The first-order chi connectivity index (χ1) is 12.2. The molecule has 0 aromatic carbocycles. The Labute approximate surface area is 145 Å². The van der Waals surface area contributed by atoms with E-state index in [1.807, 2.05) is 0 Å². The molecule has 0 aliphatic heterocycles. The lowest BCUT2D eigenvalue weighted by Crippen LogP contribution is -2.74. The fourth-order valence-electron chi connectivity index (χ4n) is 1.32. The Hall–Kier alpha value is -1.92. The summed E-state index contributed by atoms with van der Waals surface area (Å²) in [6.07, 6.45) is -18.9. The number of halogens is 17. The molecule has 174 valence electrons. The van der Waals surface area contributed by atoms with Crippen molar-refractivity contribution in [1.82, 2.24) is 0 Å². The third-order valence-electron chi connectivity index (χ3n) is 2.91. The first-order valence-electron chi connectivity index (χ1n) is 5.80. The fourth-order valence-corrected chi connectivity index (χ4v) is 1.32. The van der Waals surface area contributed by atoms with Crippen LogP contribution in [0.3, 0.4) is 0 Å². The van der Waals surface area contributed by atoms with E-state index < -0.39 is 54.0 Å². The SMILES string of the molecule is O=C(O)OC(F)(F)C(F)(F)C(F)(F)C(F)(F)C(F)(F)C(F)(F)C(F)(F)C(F)(F)F. The van der Waals surface area contributed by atoms with Crippen LogP contribution in [0.1, 0.15) is 0 Å². The molecule has 29 heavy (non-hydrogen) atoms. The molecule has 0 saturated carbocycles. The molecule has 1 N–H and O–H groups in total. The zero-order valence-corrected chi connectivity index (χ0v) is 12.2. The van der Waals surface area contributed by atoms with E-state index in [0.29, 0.717) is 0 Å². The van der Waals surface area contributed by atoms with E-state index in [2.05, 4.69) is 0 Å². The van der Waals surface area contributed by atoms with E-state index in [9.17, 15) is 79.4 Å². The minimum atomic E-state index is -8.77. The van der Waals surface area contributed by atoms with E-state index in [0.717, 1.165) is 0 Å². The van der Waals surface area contributed by atoms with Gasteiger partial charge >= 0.3 is 54.0 Å². The second-order valence-electron chi connectivity index (χ2n) is 4.83. The number of hydrogen-bond donors (Lipinski definition) is 1. The molecule has 3 nitrogen and oxygen atoms in total. The lowest BCUT2D eigenvalue weighted by atomic mass is 9.90. The molecule has 0 atom stereocenters. The molecule has 0 amide bonds. The molecule has 0 saturated heterocycles. The topological polar surface area (TPSA) is 46.5 Å². The standard InChI is InChI=1S/C9HF17O3/c10-2(11,4(14,15)6(18,19)8(22,23)24)3(12,13)5(16,17)7(20,21)9(25,26)29-1(27)28/h(H,27,28). The van der Waals surface area contributed by atoms with Crippen LogP contribution in [0.25, 0.3) is 0 Å². The average Bonchev–Trinajstić information content (AvgIpc) is 2.43. The van der Waals surface area contributed by atoms with Crippen LogP contribution in [0.15, 0.2) is 0 Å². The first kappa shape index (κ1) is 27.1. The van der Waals surface area contributed by atoms with Gasteiger partial charge in [-0.25, -0.2) is 4.79 Å². The Bertz CT molecular complexity index is 633. The van der Waals surface area contributed by atoms with Crippen molar-refractivity contribution in [1.29, 1.82) is 0 Å². The molecule has 0 spiro atoms. The molecule has 0 bridgehead atoms. The van der Waals surface area contributed by atoms with E-state index in [1.165, 1.54) is 0 Å². The minimum Gasteiger partial charge on any atom is -0.450 e. The highest BCUT2D eigenvalue weighted by molar-refractivity contribution is 5.57. The summed E-state index contributed by atoms with van der Waals surface area (Å²) in [6.45, 7) is 0. The van der Waals surface area contributed by atoms with Crippen molar-refractivity contribution in [3.8, 4) is 0 Å². The molecule has 0 aromatic heterocycles. The molecule has 0 aliphatic carbocycles. The van der Waals surface area contributed by atoms with Crippen LogP contribution in [0.2, 0.25) is 0 Å².